The molecule has 102 valence electrons. The quantitative estimate of drug-likeness (QED) is 0.421. The van der Waals surface area contributed by atoms with Crippen LogP contribution in [0.5, 0.6) is 0 Å². The molecule has 0 nitrogen and oxygen atoms in total. The molecule has 0 aliphatic rings. The topological polar surface area (TPSA) is 0 Å². The Kier molecular flexibility index (Phi) is 6.97. The number of benzene rings is 1. The predicted molar refractivity (Wildman–Crippen MR) is 87.1 cm³/mol. The van der Waals surface area contributed by atoms with Crippen LogP contribution in [0.2, 0.25) is 10.0 Å². The second-order valence-electron chi connectivity index (χ2n) is 4.40. The second kappa shape index (κ2) is 8.24. The predicted octanol–water partition coefficient (Wildman–Crippen LogP) is 6.39. The molecule has 1 aromatic rings. The van der Waals surface area contributed by atoms with Crippen molar-refractivity contribution in [3.63, 3.8) is 0 Å². The van der Waals surface area contributed by atoms with Crippen molar-refractivity contribution >= 4 is 23.2 Å². The Bertz CT molecular complexity index is 496. The fraction of sp³-hybridized carbons (Fsp3) is 0.294. The molecule has 19 heavy (non-hydrogen) atoms. The molecule has 0 bridgehead atoms. The summed E-state index contributed by atoms with van der Waals surface area (Å²) in [4.78, 5) is 0. The zero-order chi connectivity index (χ0) is 14.3. The van der Waals surface area contributed by atoms with Gasteiger partial charge in [-0.1, -0.05) is 60.0 Å². The highest BCUT2D eigenvalue weighted by Crippen LogP contribution is 2.26. The smallest absolute Gasteiger partial charge is 0.0595 e. The van der Waals surface area contributed by atoms with Gasteiger partial charge in [0.25, 0.3) is 0 Å². The van der Waals surface area contributed by atoms with E-state index in [1.807, 2.05) is 31.2 Å². The third-order valence-corrected chi connectivity index (χ3v) is 3.75. The van der Waals surface area contributed by atoms with E-state index in [2.05, 4.69) is 25.7 Å². The molecule has 0 aromatic heterocycles. The zero-order valence-corrected chi connectivity index (χ0v) is 13.1. The van der Waals surface area contributed by atoms with Crippen molar-refractivity contribution in [2.45, 2.75) is 33.1 Å². The molecule has 0 heterocycles. The first kappa shape index (κ1) is 16.1. The van der Waals surface area contributed by atoms with E-state index in [9.17, 15) is 0 Å². The van der Waals surface area contributed by atoms with E-state index in [4.69, 9.17) is 23.2 Å². The van der Waals surface area contributed by atoms with E-state index in [0.29, 0.717) is 10.0 Å². The van der Waals surface area contributed by atoms with E-state index in [0.717, 1.165) is 19.3 Å². The van der Waals surface area contributed by atoms with Crippen LogP contribution in [0, 0.1) is 0 Å². The van der Waals surface area contributed by atoms with E-state index >= 15 is 0 Å². The van der Waals surface area contributed by atoms with Crippen LogP contribution in [0.4, 0.5) is 0 Å². The average molecular weight is 295 g/mol. The Morgan fingerprint density at radius 1 is 1.26 bits per heavy atom. The lowest BCUT2D eigenvalue weighted by molar-refractivity contribution is 0.966. The molecule has 0 spiro atoms. The third-order valence-electron chi connectivity index (χ3n) is 3.01. The molecular weight excluding hydrogens is 275 g/mol. The largest absolute Gasteiger partial charge is 0.103 e. The van der Waals surface area contributed by atoms with Crippen LogP contribution in [0.3, 0.4) is 0 Å². The molecule has 0 saturated carbocycles. The fourth-order valence-corrected chi connectivity index (χ4v) is 2.37. The minimum Gasteiger partial charge on any atom is -0.103 e. The molecule has 0 fully saturated rings. The minimum absolute atomic E-state index is 0.604. The number of hydrogen-bond donors (Lipinski definition) is 0. The normalized spacial score (nSPS) is 12.6. The Labute approximate surface area is 126 Å². The lowest BCUT2D eigenvalue weighted by Gasteiger charge is -2.11. The van der Waals surface area contributed by atoms with Crippen LogP contribution >= 0.6 is 23.2 Å². The lowest BCUT2D eigenvalue weighted by atomic mass is 9.95. The standard InChI is InChI=1S/C17H20Cl2/c1-4-7-15(8-5-2)14(6-3)11-13-9-10-16(18)17(19)12-13/h4-5,8-10,12H,1,6-7,11H2,2-3H3/b8-5?,15-14+. The van der Waals surface area contributed by atoms with Gasteiger partial charge in [-0.25, -0.2) is 0 Å². The summed E-state index contributed by atoms with van der Waals surface area (Å²) in [6.45, 7) is 8.04. The van der Waals surface area contributed by atoms with Crippen molar-refractivity contribution < 1.29 is 0 Å². The Morgan fingerprint density at radius 2 is 2.00 bits per heavy atom. The van der Waals surface area contributed by atoms with E-state index in [-0.39, 0.29) is 0 Å². The lowest BCUT2D eigenvalue weighted by Crippen LogP contribution is -1.95. The summed E-state index contributed by atoms with van der Waals surface area (Å²) in [5, 5.41) is 1.22. The van der Waals surface area contributed by atoms with Crippen LogP contribution < -0.4 is 0 Å². The molecule has 0 unspecified atom stereocenters. The van der Waals surface area contributed by atoms with Gasteiger partial charge in [-0.3, -0.25) is 0 Å². The Morgan fingerprint density at radius 3 is 2.53 bits per heavy atom. The molecule has 2 heteroatoms. The van der Waals surface area contributed by atoms with Gasteiger partial charge in [0.05, 0.1) is 10.0 Å². The maximum Gasteiger partial charge on any atom is 0.0595 e. The second-order valence-corrected chi connectivity index (χ2v) is 5.21. The summed E-state index contributed by atoms with van der Waals surface area (Å²) < 4.78 is 0. The molecule has 0 aliphatic carbocycles. The number of hydrogen-bond acceptors (Lipinski definition) is 0. The van der Waals surface area contributed by atoms with Gasteiger partial charge >= 0.3 is 0 Å². The fourth-order valence-electron chi connectivity index (χ4n) is 2.05. The Balaban J connectivity index is 3.05. The molecular formula is C17H20Cl2. The molecule has 0 amide bonds. The average Bonchev–Trinajstić information content (AvgIpc) is 2.40. The van der Waals surface area contributed by atoms with Gasteiger partial charge < -0.3 is 0 Å². The number of allylic oxidation sites excluding steroid dienone is 5. The van der Waals surface area contributed by atoms with Crippen molar-refractivity contribution in [3.8, 4) is 0 Å². The molecule has 1 rings (SSSR count). The Hall–Kier alpha value is -0.980. The van der Waals surface area contributed by atoms with E-state index < -0.39 is 0 Å². The van der Waals surface area contributed by atoms with Crippen LogP contribution in [0.1, 0.15) is 32.3 Å². The first-order valence-corrected chi connectivity index (χ1v) is 7.26. The first-order valence-electron chi connectivity index (χ1n) is 6.50. The first-order chi connectivity index (χ1) is 9.12. The van der Waals surface area contributed by atoms with Crippen molar-refractivity contribution in [2.24, 2.45) is 0 Å². The van der Waals surface area contributed by atoms with Crippen molar-refractivity contribution in [2.75, 3.05) is 0 Å². The van der Waals surface area contributed by atoms with Crippen molar-refractivity contribution in [1.82, 2.24) is 0 Å². The summed E-state index contributed by atoms with van der Waals surface area (Å²) in [6, 6.07) is 5.83. The van der Waals surface area contributed by atoms with Crippen LogP contribution in [-0.4, -0.2) is 0 Å². The number of halogens is 2. The zero-order valence-electron chi connectivity index (χ0n) is 11.5. The van der Waals surface area contributed by atoms with Gasteiger partial charge in [0, 0.05) is 0 Å². The molecule has 0 atom stereocenters. The highest BCUT2D eigenvalue weighted by atomic mass is 35.5. The van der Waals surface area contributed by atoms with Crippen LogP contribution in [0.15, 0.2) is 54.2 Å². The van der Waals surface area contributed by atoms with Gasteiger partial charge in [0.1, 0.15) is 0 Å². The number of rotatable bonds is 6. The highest BCUT2D eigenvalue weighted by Gasteiger charge is 2.05. The maximum atomic E-state index is 6.06. The summed E-state index contributed by atoms with van der Waals surface area (Å²) in [5.74, 6) is 0. The highest BCUT2D eigenvalue weighted by molar-refractivity contribution is 6.42. The summed E-state index contributed by atoms with van der Waals surface area (Å²) in [7, 11) is 0. The van der Waals surface area contributed by atoms with E-state index in [1.54, 1.807) is 0 Å². The third kappa shape index (κ3) is 4.89. The molecule has 0 radical (unpaired) electrons. The van der Waals surface area contributed by atoms with Gasteiger partial charge in [-0.2, -0.15) is 0 Å². The van der Waals surface area contributed by atoms with Gasteiger partial charge in [-0.15, -0.1) is 6.58 Å². The summed E-state index contributed by atoms with van der Waals surface area (Å²) in [5.41, 5.74) is 3.94. The summed E-state index contributed by atoms with van der Waals surface area (Å²) in [6.07, 6.45) is 9.00. The van der Waals surface area contributed by atoms with Gasteiger partial charge in [0.15, 0.2) is 0 Å². The molecule has 0 saturated heterocycles. The van der Waals surface area contributed by atoms with Crippen molar-refractivity contribution in [3.05, 3.63) is 69.8 Å². The van der Waals surface area contributed by atoms with Crippen molar-refractivity contribution in [1.29, 1.82) is 0 Å². The SMILES string of the molecule is C=CC/C(C=CC)=C(/CC)Cc1ccc(Cl)c(Cl)c1. The van der Waals surface area contributed by atoms with Crippen LogP contribution in [0.25, 0.3) is 0 Å². The summed E-state index contributed by atoms with van der Waals surface area (Å²) >= 11 is 12.0. The monoisotopic (exact) mass is 294 g/mol. The van der Waals surface area contributed by atoms with Gasteiger partial charge in [0.2, 0.25) is 0 Å². The van der Waals surface area contributed by atoms with Crippen LogP contribution in [-0.2, 0) is 6.42 Å². The van der Waals surface area contributed by atoms with E-state index in [1.165, 1.54) is 16.7 Å². The molecule has 0 N–H and O–H groups in total. The molecule has 0 aliphatic heterocycles. The maximum absolute atomic E-state index is 6.06. The molecule has 1 aromatic carbocycles. The van der Waals surface area contributed by atoms with Gasteiger partial charge in [-0.05, 0) is 49.5 Å². The minimum atomic E-state index is 0.604.